The molecule has 0 aliphatic carbocycles. The summed E-state index contributed by atoms with van der Waals surface area (Å²) in [6.07, 6.45) is 6.07. The van der Waals surface area contributed by atoms with Crippen molar-refractivity contribution in [1.29, 1.82) is 0 Å². The van der Waals surface area contributed by atoms with Crippen molar-refractivity contribution in [2.75, 3.05) is 12.4 Å². The standard InChI is InChI=1S/C10H9N7O/c1-11-9-14-8(7-2-3-18-4-7)15-10(16-9)17-6-12-5-13-17/h2-6H,1H3,(H,11,14,15,16). The number of furan rings is 1. The van der Waals surface area contributed by atoms with Gasteiger partial charge in [0, 0.05) is 7.05 Å². The number of nitrogens with one attached hydrogen (secondary N) is 1. The molecule has 0 atom stereocenters. The van der Waals surface area contributed by atoms with E-state index < -0.39 is 0 Å². The third-order valence-electron chi connectivity index (χ3n) is 2.25. The van der Waals surface area contributed by atoms with E-state index in [9.17, 15) is 0 Å². The van der Waals surface area contributed by atoms with Gasteiger partial charge in [0.2, 0.25) is 5.95 Å². The molecule has 3 rings (SSSR count). The summed E-state index contributed by atoms with van der Waals surface area (Å²) in [5.41, 5.74) is 0.773. The van der Waals surface area contributed by atoms with Crippen molar-refractivity contribution in [3.63, 3.8) is 0 Å². The highest BCUT2D eigenvalue weighted by atomic mass is 16.3. The maximum atomic E-state index is 5.02. The van der Waals surface area contributed by atoms with Gasteiger partial charge in [0.15, 0.2) is 5.82 Å². The number of anilines is 1. The van der Waals surface area contributed by atoms with Crippen LogP contribution >= 0.6 is 0 Å². The molecule has 0 unspecified atom stereocenters. The first kappa shape index (κ1) is 10.4. The molecule has 0 aromatic carbocycles. The van der Waals surface area contributed by atoms with Crippen molar-refractivity contribution in [3.8, 4) is 17.3 Å². The lowest BCUT2D eigenvalue weighted by atomic mass is 10.3. The Bertz CT molecular complexity index is 580. The van der Waals surface area contributed by atoms with Crippen molar-refractivity contribution in [2.45, 2.75) is 0 Å². The fourth-order valence-electron chi connectivity index (χ4n) is 1.41. The minimum atomic E-state index is 0.392. The highest BCUT2D eigenvalue weighted by Gasteiger charge is 2.10. The van der Waals surface area contributed by atoms with E-state index in [0.717, 1.165) is 5.56 Å². The summed E-state index contributed by atoms with van der Waals surface area (Å²) in [4.78, 5) is 16.6. The lowest BCUT2D eigenvalue weighted by Gasteiger charge is -2.04. The molecule has 90 valence electrons. The maximum absolute atomic E-state index is 5.02. The van der Waals surface area contributed by atoms with Crippen LogP contribution in [0.2, 0.25) is 0 Å². The van der Waals surface area contributed by atoms with Crippen LogP contribution < -0.4 is 5.32 Å². The molecular formula is C10H9N7O. The van der Waals surface area contributed by atoms with Crippen LogP contribution in [0.15, 0.2) is 35.7 Å². The third-order valence-corrected chi connectivity index (χ3v) is 2.25. The lowest BCUT2D eigenvalue weighted by Crippen LogP contribution is -2.08. The Kier molecular flexibility index (Phi) is 2.45. The van der Waals surface area contributed by atoms with Gasteiger partial charge < -0.3 is 9.73 Å². The molecule has 0 spiro atoms. The second kappa shape index (κ2) is 4.24. The van der Waals surface area contributed by atoms with Gasteiger partial charge in [0.25, 0.3) is 5.95 Å². The monoisotopic (exact) mass is 243 g/mol. The molecule has 18 heavy (non-hydrogen) atoms. The molecule has 1 N–H and O–H groups in total. The summed E-state index contributed by atoms with van der Waals surface area (Å²) in [6.45, 7) is 0. The minimum absolute atomic E-state index is 0.392. The molecule has 0 bridgehead atoms. The second-order valence-corrected chi connectivity index (χ2v) is 3.38. The lowest BCUT2D eigenvalue weighted by molar-refractivity contribution is 0.568. The fourth-order valence-corrected chi connectivity index (χ4v) is 1.41. The van der Waals surface area contributed by atoms with Crippen LogP contribution in [-0.2, 0) is 0 Å². The highest BCUT2D eigenvalue weighted by molar-refractivity contribution is 5.54. The average molecular weight is 243 g/mol. The normalized spacial score (nSPS) is 10.5. The van der Waals surface area contributed by atoms with Gasteiger partial charge in [0.05, 0.1) is 11.8 Å². The van der Waals surface area contributed by atoms with Gasteiger partial charge in [0.1, 0.15) is 18.9 Å². The molecule has 0 radical (unpaired) electrons. The SMILES string of the molecule is CNc1nc(-c2ccoc2)nc(-n2cncn2)n1. The van der Waals surface area contributed by atoms with Crippen molar-refractivity contribution in [2.24, 2.45) is 0 Å². The van der Waals surface area contributed by atoms with E-state index in [1.807, 2.05) is 0 Å². The first-order chi connectivity index (χ1) is 8.86. The van der Waals surface area contributed by atoms with E-state index in [0.29, 0.717) is 17.7 Å². The zero-order chi connectivity index (χ0) is 12.4. The molecule has 0 fully saturated rings. The summed E-state index contributed by atoms with van der Waals surface area (Å²) in [5.74, 6) is 1.35. The zero-order valence-corrected chi connectivity index (χ0v) is 9.48. The Morgan fingerprint density at radius 3 is 2.89 bits per heavy atom. The molecule has 0 amide bonds. The van der Waals surface area contributed by atoms with Crippen molar-refractivity contribution >= 4 is 5.95 Å². The molecule has 8 heteroatoms. The van der Waals surface area contributed by atoms with Crippen LogP contribution in [0, 0.1) is 0 Å². The number of hydrogen-bond donors (Lipinski definition) is 1. The predicted molar refractivity (Wildman–Crippen MR) is 62.0 cm³/mol. The molecule has 0 saturated carbocycles. The molecule has 3 aromatic heterocycles. The number of aromatic nitrogens is 6. The summed E-state index contributed by atoms with van der Waals surface area (Å²) >= 11 is 0. The van der Waals surface area contributed by atoms with Crippen LogP contribution in [0.1, 0.15) is 0 Å². The van der Waals surface area contributed by atoms with Crippen LogP contribution in [0.5, 0.6) is 0 Å². The van der Waals surface area contributed by atoms with Gasteiger partial charge in [-0.25, -0.2) is 4.98 Å². The van der Waals surface area contributed by atoms with Gasteiger partial charge in [-0.05, 0) is 6.07 Å². The summed E-state index contributed by atoms with van der Waals surface area (Å²) < 4.78 is 6.48. The summed E-state index contributed by atoms with van der Waals surface area (Å²) in [5, 5.41) is 6.86. The maximum Gasteiger partial charge on any atom is 0.257 e. The van der Waals surface area contributed by atoms with E-state index in [1.165, 1.54) is 17.3 Å². The van der Waals surface area contributed by atoms with Gasteiger partial charge in [-0.15, -0.1) is 0 Å². The van der Waals surface area contributed by atoms with Gasteiger partial charge in [-0.3, -0.25) is 0 Å². The van der Waals surface area contributed by atoms with Gasteiger partial charge in [-0.2, -0.15) is 24.7 Å². The number of nitrogens with zero attached hydrogens (tertiary/aromatic N) is 6. The molecule has 3 heterocycles. The van der Waals surface area contributed by atoms with Crippen LogP contribution in [0.3, 0.4) is 0 Å². The first-order valence-corrected chi connectivity index (χ1v) is 5.18. The molecule has 8 nitrogen and oxygen atoms in total. The van der Waals surface area contributed by atoms with Crippen LogP contribution in [0.25, 0.3) is 17.3 Å². The summed E-state index contributed by atoms with van der Waals surface area (Å²) in [6, 6.07) is 1.78. The Morgan fingerprint density at radius 2 is 2.22 bits per heavy atom. The molecule has 0 saturated heterocycles. The average Bonchev–Trinajstić information content (AvgIpc) is 3.10. The predicted octanol–water partition coefficient (Wildman–Crippen LogP) is 0.754. The van der Waals surface area contributed by atoms with E-state index >= 15 is 0 Å². The van der Waals surface area contributed by atoms with E-state index in [2.05, 4.69) is 30.4 Å². The van der Waals surface area contributed by atoms with Crippen molar-refractivity contribution in [3.05, 3.63) is 31.2 Å². The quantitative estimate of drug-likeness (QED) is 0.725. The molecule has 0 aliphatic rings. The Labute approximate surface area is 102 Å². The Balaban J connectivity index is 2.13. The van der Waals surface area contributed by atoms with Crippen LogP contribution in [-0.4, -0.2) is 36.8 Å². The smallest absolute Gasteiger partial charge is 0.257 e. The summed E-state index contributed by atoms with van der Waals surface area (Å²) in [7, 11) is 1.74. The third kappa shape index (κ3) is 1.79. The topological polar surface area (TPSA) is 94.6 Å². The second-order valence-electron chi connectivity index (χ2n) is 3.38. The van der Waals surface area contributed by atoms with Crippen LogP contribution in [0.4, 0.5) is 5.95 Å². The molecule has 3 aromatic rings. The Hall–Kier alpha value is -2.77. The number of hydrogen-bond acceptors (Lipinski definition) is 7. The highest BCUT2D eigenvalue weighted by Crippen LogP contribution is 2.17. The number of rotatable bonds is 3. The van der Waals surface area contributed by atoms with E-state index in [-0.39, 0.29) is 0 Å². The fraction of sp³-hybridized carbons (Fsp3) is 0.100. The van der Waals surface area contributed by atoms with E-state index in [4.69, 9.17) is 4.42 Å². The zero-order valence-electron chi connectivity index (χ0n) is 9.48. The van der Waals surface area contributed by atoms with Gasteiger partial charge >= 0.3 is 0 Å². The largest absolute Gasteiger partial charge is 0.472 e. The Morgan fingerprint density at radius 1 is 1.28 bits per heavy atom. The first-order valence-electron chi connectivity index (χ1n) is 5.18. The molecule has 0 aliphatic heterocycles. The molecular weight excluding hydrogens is 234 g/mol. The van der Waals surface area contributed by atoms with E-state index in [1.54, 1.807) is 25.6 Å². The minimum Gasteiger partial charge on any atom is -0.472 e. The van der Waals surface area contributed by atoms with Crippen molar-refractivity contribution < 1.29 is 4.42 Å². The van der Waals surface area contributed by atoms with Crippen molar-refractivity contribution in [1.82, 2.24) is 29.7 Å². The van der Waals surface area contributed by atoms with Gasteiger partial charge in [-0.1, -0.05) is 0 Å².